The number of aromatic nitrogens is 1. The Morgan fingerprint density at radius 2 is 1.58 bits per heavy atom. The lowest BCUT2D eigenvalue weighted by molar-refractivity contribution is -0.132. The normalized spacial score (nSPS) is 21.9. The third-order valence-electron chi connectivity index (χ3n) is 5.60. The van der Waals surface area contributed by atoms with Crippen molar-refractivity contribution < 1.29 is 24.0 Å². The van der Waals surface area contributed by atoms with Gasteiger partial charge in [0.1, 0.15) is 11.7 Å². The van der Waals surface area contributed by atoms with Crippen molar-refractivity contribution in [1.29, 1.82) is 0 Å². The van der Waals surface area contributed by atoms with Gasteiger partial charge in [-0.05, 0) is 66.2 Å². The Bertz CT molecular complexity index is 1220. The van der Waals surface area contributed by atoms with Crippen LogP contribution in [0, 0.1) is 5.92 Å². The van der Waals surface area contributed by atoms with Gasteiger partial charge in [0.15, 0.2) is 6.10 Å². The van der Waals surface area contributed by atoms with Crippen molar-refractivity contribution in [3.63, 3.8) is 0 Å². The quantitative estimate of drug-likeness (QED) is 0.331. The average Bonchev–Trinajstić information content (AvgIpc) is 3.31. The second-order valence-electron chi connectivity index (χ2n) is 7.68. The fourth-order valence-electron chi connectivity index (χ4n) is 4.21. The number of carbonyl (C=O) groups is 3. The number of imide groups is 1. The molecule has 2 aromatic carbocycles. The number of esters is 1. The van der Waals surface area contributed by atoms with Gasteiger partial charge in [-0.1, -0.05) is 11.6 Å². The molecule has 2 aliphatic heterocycles. The molecule has 3 atom stereocenters. The molecule has 2 saturated heterocycles. The number of fused-ring (bicyclic) bond motifs is 1. The maximum atomic E-state index is 13.6. The number of hydrogen-bond acceptors (Lipinski definition) is 7. The van der Waals surface area contributed by atoms with E-state index >= 15 is 0 Å². The minimum absolute atomic E-state index is 0.324. The summed E-state index contributed by atoms with van der Waals surface area (Å²) in [6.45, 7) is 1.30. The molecule has 2 aliphatic rings. The standard InChI is InChI=1S/C24H18ClN3O5/c1-14(29)32-19-8-6-17(7-9-19)27-23(30)20-21(15-10-12-26-13-11-15)28(33-22(20)24(27)31)18-4-2-16(25)3-5-18/h2-13,20-22H,1H3/t20-,21-,22+/m0/s1. The Morgan fingerprint density at radius 3 is 2.21 bits per heavy atom. The highest BCUT2D eigenvalue weighted by atomic mass is 35.5. The summed E-state index contributed by atoms with van der Waals surface area (Å²) in [5.41, 5.74) is 1.85. The first-order valence-corrected chi connectivity index (χ1v) is 10.6. The number of rotatable bonds is 4. The van der Waals surface area contributed by atoms with Crippen LogP contribution in [0.1, 0.15) is 18.5 Å². The van der Waals surface area contributed by atoms with E-state index in [2.05, 4.69) is 4.98 Å². The van der Waals surface area contributed by atoms with E-state index in [0.717, 1.165) is 10.5 Å². The largest absolute Gasteiger partial charge is 0.427 e. The molecule has 2 fully saturated rings. The van der Waals surface area contributed by atoms with Crippen LogP contribution in [0.2, 0.25) is 5.02 Å². The van der Waals surface area contributed by atoms with Gasteiger partial charge in [0, 0.05) is 24.3 Å². The maximum Gasteiger partial charge on any atom is 0.308 e. The number of halogens is 1. The van der Waals surface area contributed by atoms with Crippen LogP contribution >= 0.6 is 11.6 Å². The van der Waals surface area contributed by atoms with Gasteiger partial charge in [-0.15, -0.1) is 0 Å². The molecule has 5 rings (SSSR count). The molecule has 1 aromatic heterocycles. The topological polar surface area (TPSA) is 89.0 Å². The van der Waals surface area contributed by atoms with E-state index in [-0.39, 0.29) is 5.91 Å². The molecule has 0 N–H and O–H groups in total. The summed E-state index contributed by atoms with van der Waals surface area (Å²) < 4.78 is 5.03. The molecule has 0 saturated carbocycles. The molecule has 9 heteroatoms. The van der Waals surface area contributed by atoms with Crippen LogP contribution in [0.3, 0.4) is 0 Å². The summed E-state index contributed by atoms with van der Waals surface area (Å²) >= 11 is 6.03. The van der Waals surface area contributed by atoms with Gasteiger partial charge in [0.05, 0.1) is 17.4 Å². The predicted octanol–water partition coefficient (Wildman–Crippen LogP) is 3.71. The second-order valence-corrected chi connectivity index (χ2v) is 8.12. The summed E-state index contributed by atoms with van der Waals surface area (Å²) in [6, 6.07) is 16.2. The van der Waals surface area contributed by atoms with Crippen molar-refractivity contribution in [1.82, 2.24) is 4.98 Å². The van der Waals surface area contributed by atoms with E-state index in [1.807, 2.05) is 0 Å². The van der Waals surface area contributed by atoms with Crippen LogP contribution in [-0.2, 0) is 19.2 Å². The molecule has 0 unspecified atom stereocenters. The third kappa shape index (κ3) is 3.73. The van der Waals surface area contributed by atoms with Crippen molar-refractivity contribution >= 4 is 40.8 Å². The highest BCUT2D eigenvalue weighted by molar-refractivity contribution is 6.30. The Morgan fingerprint density at radius 1 is 0.939 bits per heavy atom. The monoisotopic (exact) mass is 463 g/mol. The number of ether oxygens (including phenoxy) is 1. The van der Waals surface area contributed by atoms with Gasteiger partial charge >= 0.3 is 5.97 Å². The number of hydroxylamine groups is 1. The molecular formula is C24H18ClN3O5. The average molecular weight is 464 g/mol. The molecule has 0 bridgehead atoms. The molecular weight excluding hydrogens is 446 g/mol. The van der Waals surface area contributed by atoms with Crippen molar-refractivity contribution in [3.8, 4) is 5.75 Å². The molecule has 166 valence electrons. The van der Waals surface area contributed by atoms with Crippen LogP contribution in [-0.4, -0.2) is 28.9 Å². The number of hydrogen-bond donors (Lipinski definition) is 0. The van der Waals surface area contributed by atoms with Crippen molar-refractivity contribution in [2.75, 3.05) is 9.96 Å². The summed E-state index contributed by atoms with van der Waals surface area (Å²) in [7, 11) is 0. The molecule has 8 nitrogen and oxygen atoms in total. The Labute approximate surface area is 194 Å². The smallest absolute Gasteiger partial charge is 0.308 e. The minimum Gasteiger partial charge on any atom is -0.427 e. The van der Waals surface area contributed by atoms with Gasteiger partial charge in [0.25, 0.3) is 5.91 Å². The van der Waals surface area contributed by atoms with Crippen molar-refractivity contribution in [2.45, 2.75) is 19.1 Å². The number of pyridine rings is 1. The fourth-order valence-corrected chi connectivity index (χ4v) is 4.34. The maximum absolute atomic E-state index is 13.6. The van der Waals surface area contributed by atoms with Gasteiger partial charge < -0.3 is 4.74 Å². The number of carbonyl (C=O) groups excluding carboxylic acids is 3. The molecule has 3 aromatic rings. The summed E-state index contributed by atoms with van der Waals surface area (Å²) in [6.07, 6.45) is 2.28. The fraction of sp³-hybridized carbons (Fsp3) is 0.167. The number of benzene rings is 2. The lowest BCUT2D eigenvalue weighted by atomic mass is 9.91. The highest BCUT2D eigenvalue weighted by Gasteiger charge is 2.60. The van der Waals surface area contributed by atoms with Crippen LogP contribution < -0.4 is 14.7 Å². The number of anilines is 2. The van der Waals surface area contributed by atoms with Crippen LogP contribution in [0.25, 0.3) is 0 Å². The van der Waals surface area contributed by atoms with Crippen molar-refractivity contribution in [3.05, 3.63) is 83.6 Å². The van der Waals surface area contributed by atoms with Gasteiger partial charge in [-0.3, -0.25) is 24.2 Å². The van der Waals surface area contributed by atoms with Crippen molar-refractivity contribution in [2.24, 2.45) is 5.92 Å². The van der Waals surface area contributed by atoms with Crippen LogP contribution in [0.5, 0.6) is 5.75 Å². The summed E-state index contributed by atoms with van der Waals surface area (Å²) in [5.74, 6) is -1.72. The first-order valence-electron chi connectivity index (χ1n) is 10.2. The zero-order valence-electron chi connectivity index (χ0n) is 17.4. The molecule has 0 radical (unpaired) electrons. The summed E-state index contributed by atoms with van der Waals surface area (Å²) in [4.78, 5) is 49.3. The minimum atomic E-state index is -0.987. The zero-order chi connectivity index (χ0) is 23.1. The first-order chi connectivity index (χ1) is 15.9. The molecule has 33 heavy (non-hydrogen) atoms. The lowest BCUT2D eigenvalue weighted by Crippen LogP contribution is -2.37. The molecule has 0 spiro atoms. The molecule has 3 heterocycles. The number of nitrogens with zero attached hydrogens (tertiary/aromatic N) is 3. The van der Waals surface area contributed by atoms with E-state index in [9.17, 15) is 14.4 Å². The van der Waals surface area contributed by atoms with E-state index < -0.39 is 29.9 Å². The van der Waals surface area contributed by atoms with Gasteiger partial charge in [-0.2, -0.15) is 0 Å². The SMILES string of the molecule is CC(=O)Oc1ccc(N2C(=O)[C@@H]3[C@@H](ON(c4ccc(Cl)cc4)[C@H]3c3ccncc3)C2=O)cc1. The second kappa shape index (κ2) is 8.31. The zero-order valence-corrected chi connectivity index (χ0v) is 18.2. The predicted molar refractivity (Wildman–Crippen MR) is 120 cm³/mol. The van der Waals surface area contributed by atoms with E-state index in [0.29, 0.717) is 22.1 Å². The summed E-state index contributed by atoms with van der Waals surface area (Å²) in [5, 5.41) is 2.16. The Hall–Kier alpha value is -3.75. The van der Waals surface area contributed by atoms with Crippen LogP contribution in [0.15, 0.2) is 73.1 Å². The van der Waals surface area contributed by atoms with E-state index in [1.54, 1.807) is 66.0 Å². The third-order valence-corrected chi connectivity index (χ3v) is 5.85. The Kier molecular flexibility index (Phi) is 5.32. The molecule has 0 aliphatic carbocycles. The molecule has 2 amide bonds. The van der Waals surface area contributed by atoms with Gasteiger partial charge in [-0.25, -0.2) is 9.96 Å². The lowest BCUT2D eigenvalue weighted by Gasteiger charge is -2.28. The van der Waals surface area contributed by atoms with Crippen LogP contribution in [0.4, 0.5) is 11.4 Å². The van der Waals surface area contributed by atoms with Gasteiger partial charge in [0.2, 0.25) is 5.91 Å². The van der Waals surface area contributed by atoms with E-state index in [4.69, 9.17) is 21.2 Å². The first kappa shape index (κ1) is 21.1. The number of amides is 2. The van der Waals surface area contributed by atoms with E-state index in [1.165, 1.54) is 19.1 Å². The Balaban J connectivity index is 1.51. The highest BCUT2D eigenvalue weighted by Crippen LogP contribution is 2.47.